The molecule has 178 valence electrons. The molecular formula is C25H34FN5O2. The van der Waals surface area contributed by atoms with Gasteiger partial charge in [-0.3, -0.25) is 9.69 Å². The lowest BCUT2D eigenvalue weighted by atomic mass is 9.98. The number of hydrogen-bond acceptors (Lipinski definition) is 6. The maximum absolute atomic E-state index is 14.9. The highest BCUT2D eigenvalue weighted by Gasteiger charge is 2.43. The van der Waals surface area contributed by atoms with Crippen LogP contribution >= 0.6 is 0 Å². The zero-order valence-electron chi connectivity index (χ0n) is 19.1. The number of fused-ring (bicyclic) bond motifs is 2. The Morgan fingerprint density at radius 1 is 1.27 bits per heavy atom. The molecule has 1 aromatic rings. The van der Waals surface area contributed by atoms with E-state index < -0.39 is 6.04 Å². The number of benzene rings is 1. The molecule has 2 N–H and O–H groups in total. The normalized spacial score (nSPS) is 30.4. The molecule has 1 aliphatic carbocycles. The van der Waals surface area contributed by atoms with Crippen LogP contribution in [0.25, 0.3) is 0 Å². The summed E-state index contributed by atoms with van der Waals surface area (Å²) >= 11 is 0. The van der Waals surface area contributed by atoms with Crippen molar-refractivity contribution in [3.63, 3.8) is 0 Å². The molecule has 0 radical (unpaired) electrons. The Kier molecular flexibility index (Phi) is 6.81. The van der Waals surface area contributed by atoms with Crippen LogP contribution in [-0.2, 0) is 16.0 Å². The molecule has 0 aromatic heterocycles. The lowest BCUT2D eigenvalue weighted by molar-refractivity contribution is -0.124. The van der Waals surface area contributed by atoms with Crippen LogP contribution in [0.5, 0.6) is 0 Å². The molecule has 1 amide bonds. The Morgan fingerprint density at radius 2 is 2.12 bits per heavy atom. The van der Waals surface area contributed by atoms with Crippen molar-refractivity contribution in [3.8, 4) is 6.07 Å². The van der Waals surface area contributed by atoms with Crippen LogP contribution in [0.4, 0.5) is 10.1 Å². The first kappa shape index (κ1) is 22.6. The summed E-state index contributed by atoms with van der Waals surface area (Å²) in [7, 11) is 0. The average molecular weight is 456 g/mol. The molecule has 8 heteroatoms. The number of piperidine rings is 1. The Balaban J connectivity index is 1.13. The van der Waals surface area contributed by atoms with E-state index >= 15 is 0 Å². The molecule has 5 rings (SSSR count). The molecule has 3 aliphatic heterocycles. The van der Waals surface area contributed by atoms with Crippen molar-refractivity contribution in [2.45, 2.75) is 62.8 Å². The molecule has 3 saturated heterocycles. The third-order valence-electron chi connectivity index (χ3n) is 7.80. The fraction of sp³-hybridized carbons (Fsp3) is 0.680. The van der Waals surface area contributed by atoms with Crippen molar-refractivity contribution < 1.29 is 13.9 Å². The van der Waals surface area contributed by atoms with E-state index in [9.17, 15) is 14.4 Å². The number of halogens is 1. The van der Waals surface area contributed by atoms with Crippen molar-refractivity contribution in [2.24, 2.45) is 5.92 Å². The van der Waals surface area contributed by atoms with Crippen molar-refractivity contribution in [2.75, 3.05) is 44.2 Å². The van der Waals surface area contributed by atoms with E-state index in [0.717, 1.165) is 77.1 Å². The molecule has 4 fully saturated rings. The number of piperazine rings is 1. The van der Waals surface area contributed by atoms with Gasteiger partial charge in [0.25, 0.3) is 0 Å². The van der Waals surface area contributed by atoms with Crippen molar-refractivity contribution in [3.05, 3.63) is 29.6 Å². The zero-order chi connectivity index (χ0) is 22.8. The lowest BCUT2D eigenvalue weighted by Gasteiger charge is -2.37. The number of carbonyl (C=O) groups excluding carboxylic acids is 1. The molecular weight excluding hydrogens is 421 g/mol. The molecule has 1 aromatic carbocycles. The number of nitrogens with one attached hydrogen (secondary N) is 2. The number of nitriles is 1. The maximum atomic E-state index is 14.9. The van der Waals surface area contributed by atoms with Crippen LogP contribution in [-0.4, -0.2) is 74.4 Å². The molecule has 4 aliphatic rings. The van der Waals surface area contributed by atoms with Crippen molar-refractivity contribution in [1.82, 2.24) is 15.5 Å². The van der Waals surface area contributed by atoms with E-state index in [-0.39, 0.29) is 24.2 Å². The van der Waals surface area contributed by atoms with Gasteiger partial charge in [0, 0.05) is 57.5 Å². The monoisotopic (exact) mass is 455 g/mol. The molecule has 0 spiro atoms. The maximum Gasteiger partial charge on any atom is 0.238 e. The van der Waals surface area contributed by atoms with Crippen LogP contribution in [0, 0.1) is 23.1 Å². The molecule has 1 saturated carbocycles. The van der Waals surface area contributed by atoms with Crippen molar-refractivity contribution in [1.29, 1.82) is 5.26 Å². The Morgan fingerprint density at radius 3 is 2.76 bits per heavy atom. The average Bonchev–Trinajstić information content (AvgIpc) is 3.59. The molecule has 33 heavy (non-hydrogen) atoms. The van der Waals surface area contributed by atoms with E-state index in [0.29, 0.717) is 23.6 Å². The minimum Gasteiger partial charge on any atom is -0.377 e. The highest BCUT2D eigenvalue weighted by atomic mass is 19.1. The number of amides is 1. The van der Waals surface area contributed by atoms with E-state index in [1.165, 1.54) is 0 Å². The van der Waals surface area contributed by atoms with Crippen molar-refractivity contribution >= 4 is 11.6 Å². The molecule has 7 nitrogen and oxygen atoms in total. The molecule has 3 heterocycles. The lowest BCUT2D eigenvalue weighted by Crippen LogP contribution is -2.50. The minimum absolute atomic E-state index is 0.133. The van der Waals surface area contributed by atoms with E-state index in [2.05, 4.69) is 26.5 Å². The molecule has 2 bridgehead atoms. The second-order valence-electron chi connectivity index (χ2n) is 10.0. The van der Waals surface area contributed by atoms with Gasteiger partial charge in [-0.05, 0) is 55.7 Å². The summed E-state index contributed by atoms with van der Waals surface area (Å²) < 4.78 is 20.7. The largest absolute Gasteiger partial charge is 0.377 e. The fourth-order valence-electron chi connectivity index (χ4n) is 5.92. The van der Waals surface area contributed by atoms with Gasteiger partial charge in [-0.25, -0.2) is 4.39 Å². The van der Waals surface area contributed by atoms with Crippen LogP contribution in [0.3, 0.4) is 0 Å². The van der Waals surface area contributed by atoms with E-state index in [1.807, 2.05) is 6.07 Å². The van der Waals surface area contributed by atoms with E-state index in [1.54, 1.807) is 12.1 Å². The van der Waals surface area contributed by atoms with Gasteiger partial charge < -0.3 is 20.3 Å². The Hall–Kier alpha value is -2.21. The fourth-order valence-corrected chi connectivity index (χ4v) is 5.92. The first-order chi connectivity index (χ1) is 16.1. The number of ether oxygens (including phenoxy) is 1. The van der Waals surface area contributed by atoms with Gasteiger partial charge in [-0.2, -0.15) is 5.26 Å². The standard InChI is InChI=1S/C25H34FN5O2/c26-23-14-21(31-9-7-30(8-10-31)16-22-2-1-11-33-22)6-4-17(23)12-20(15-27)29-25(32)24-18-3-5-19(13-18)28-24/h4,6,14,18-20,22,24,28H,1-3,5,7-13,16H2,(H,29,32)/t18-,19+,20-,22?,24-/m0/s1. The number of carbonyl (C=O) groups is 1. The topological polar surface area (TPSA) is 80.6 Å². The number of rotatable bonds is 7. The highest BCUT2D eigenvalue weighted by molar-refractivity contribution is 5.83. The number of hydrogen-bond donors (Lipinski definition) is 2. The summed E-state index contributed by atoms with van der Waals surface area (Å²) in [5.41, 5.74) is 1.33. The van der Waals surface area contributed by atoms with Crippen LogP contribution in [0.15, 0.2) is 18.2 Å². The predicted octanol–water partition coefficient (Wildman–Crippen LogP) is 1.82. The second kappa shape index (κ2) is 9.96. The van der Waals surface area contributed by atoms with E-state index in [4.69, 9.17) is 4.74 Å². The Labute approximate surface area is 195 Å². The number of anilines is 1. The molecule has 5 atom stereocenters. The zero-order valence-corrected chi connectivity index (χ0v) is 19.1. The van der Waals surface area contributed by atoms with Crippen LogP contribution in [0.2, 0.25) is 0 Å². The third kappa shape index (κ3) is 5.16. The smallest absolute Gasteiger partial charge is 0.238 e. The summed E-state index contributed by atoms with van der Waals surface area (Å²) in [5.74, 6) is -0.0926. The quantitative estimate of drug-likeness (QED) is 0.653. The van der Waals surface area contributed by atoms with Gasteiger partial charge in [-0.1, -0.05) is 6.07 Å². The summed E-state index contributed by atoms with van der Waals surface area (Å²) in [6, 6.07) is 6.87. The van der Waals surface area contributed by atoms with Gasteiger partial charge in [0.2, 0.25) is 5.91 Å². The summed E-state index contributed by atoms with van der Waals surface area (Å²) in [4.78, 5) is 17.3. The van der Waals surface area contributed by atoms with Crippen LogP contribution < -0.4 is 15.5 Å². The predicted molar refractivity (Wildman–Crippen MR) is 123 cm³/mol. The Bertz CT molecular complexity index is 891. The minimum atomic E-state index is -0.736. The van der Waals surface area contributed by atoms with Gasteiger partial charge in [0.15, 0.2) is 0 Å². The number of nitrogens with zero attached hydrogens (tertiary/aromatic N) is 3. The summed E-state index contributed by atoms with van der Waals surface area (Å²) in [5, 5.41) is 15.7. The SMILES string of the molecule is N#C[C@H](Cc1ccc(N2CCN(CC3CCCO3)CC2)cc1F)NC(=O)[C@H]1N[C@@H]2CC[C@H]1C2. The first-order valence-electron chi connectivity index (χ1n) is 12.4. The first-order valence-corrected chi connectivity index (χ1v) is 12.4. The third-order valence-corrected chi connectivity index (χ3v) is 7.80. The highest BCUT2D eigenvalue weighted by Crippen LogP contribution is 2.35. The van der Waals surface area contributed by atoms with Gasteiger partial charge >= 0.3 is 0 Å². The van der Waals surface area contributed by atoms with Gasteiger partial charge in [-0.15, -0.1) is 0 Å². The van der Waals surface area contributed by atoms with Gasteiger partial charge in [0.05, 0.1) is 18.2 Å². The van der Waals surface area contributed by atoms with Crippen LogP contribution in [0.1, 0.15) is 37.7 Å². The summed E-state index contributed by atoms with van der Waals surface area (Å²) in [6.07, 6.45) is 6.06. The molecule has 1 unspecified atom stereocenters. The summed E-state index contributed by atoms with van der Waals surface area (Å²) in [6.45, 7) is 5.48. The second-order valence-corrected chi connectivity index (χ2v) is 10.0. The van der Waals surface area contributed by atoms with Gasteiger partial charge in [0.1, 0.15) is 11.9 Å².